The van der Waals surface area contributed by atoms with Gasteiger partial charge in [-0.25, -0.2) is 19.6 Å². The van der Waals surface area contributed by atoms with Crippen molar-refractivity contribution in [2.45, 2.75) is 63.7 Å². The minimum atomic E-state index is -0.880. The zero-order valence-electron chi connectivity index (χ0n) is 29.9. The highest BCUT2D eigenvalue weighted by Gasteiger charge is 2.39. The van der Waals surface area contributed by atoms with Crippen LogP contribution in [0.15, 0.2) is 54.9 Å². The molecule has 0 saturated carbocycles. The van der Waals surface area contributed by atoms with Crippen molar-refractivity contribution in [1.29, 1.82) is 0 Å². The van der Waals surface area contributed by atoms with Gasteiger partial charge in [0.05, 0.1) is 59.8 Å². The molecule has 2 unspecified atom stereocenters. The minimum absolute atomic E-state index is 0.108. The Morgan fingerprint density at radius 2 is 1.28 bits per heavy atom. The number of alkyl carbamates (subject to hydrolysis) is 2. The average Bonchev–Trinajstić information content (AvgIpc) is 4.00. The number of thiophene rings is 2. The van der Waals surface area contributed by atoms with Crippen molar-refractivity contribution < 1.29 is 28.7 Å². The topological polar surface area (TPSA) is 175 Å². The Labute approximate surface area is 314 Å². The molecule has 1 aromatic carbocycles. The fourth-order valence-electron chi connectivity index (χ4n) is 7.15. The predicted octanol–water partition coefficient (Wildman–Crippen LogP) is 6.55. The van der Waals surface area contributed by atoms with Crippen LogP contribution in [0.4, 0.5) is 9.59 Å². The van der Waals surface area contributed by atoms with E-state index in [0.717, 1.165) is 62.0 Å². The smallest absolute Gasteiger partial charge is 0.407 e. The Kier molecular flexibility index (Phi) is 10.5. The molecular formula is C37H42N8O6S2. The van der Waals surface area contributed by atoms with Crippen LogP contribution in [0.2, 0.25) is 0 Å². The van der Waals surface area contributed by atoms with Crippen LogP contribution in [-0.4, -0.2) is 87.1 Å². The number of amides is 4. The number of imidazole rings is 2. The van der Waals surface area contributed by atoms with Gasteiger partial charge in [0.2, 0.25) is 5.91 Å². The summed E-state index contributed by atoms with van der Waals surface area (Å²) in [5.74, 6) is 0.971. The number of methoxy groups -OCH3 is 2. The van der Waals surface area contributed by atoms with Gasteiger partial charge in [0.15, 0.2) is 0 Å². The maximum atomic E-state index is 13.9. The van der Waals surface area contributed by atoms with Crippen molar-refractivity contribution in [2.24, 2.45) is 5.92 Å². The molecule has 14 nitrogen and oxygen atoms in total. The molecule has 4 amide bonds. The molecule has 2 fully saturated rings. The standard InChI is InChI=1S/C37H42N8O6S2/c1-20(2)30(42-36(48)50-3)34(46)44-14-8-12-24(44)32-38-18-22(40-32)26-16-28-29(52-26)17-27(53-28)23-19-39-33(41-23)25-13-9-15-45(25)35(47)31(43-37(49)51-4)21-10-6-5-7-11-21/h5-7,10-11,16-20,24-25,30-31H,8-9,12-15H2,1-4H3,(H,38,40)(H,39,41)(H,42,48)(H,43,49)/t24?,25?,30-,31+/m0/s1. The highest BCUT2D eigenvalue weighted by molar-refractivity contribution is 7.31. The number of hydrogen-bond donors (Lipinski definition) is 4. The SMILES string of the molecule is COC(=O)N[C@H](C(=O)N1CCCC1c1ncc(-c2cc3sc(-c4cnc(C5CCCN5C(=O)[C@H](NC(=O)OC)c5ccccc5)[nH]4)cc3s2)[nH]1)C(C)C. The Bertz CT molecular complexity index is 2070. The summed E-state index contributed by atoms with van der Waals surface area (Å²) in [5.41, 5.74) is 2.43. The van der Waals surface area contributed by atoms with Gasteiger partial charge < -0.3 is 39.9 Å². The van der Waals surface area contributed by atoms with Gasteiger partial charge in [0.25, 0.3) is 5.91 Å². The third-order valence-electron chi connectivity index (χ3n) is 9.85. The van der Waals surface area contributed by atoms with E-state index < -0.39 is 24.3 Å². The third-order valence-corrected chi connectivity index (χ3v) is 12.2. The van der Waals surface area contributed by atoms with E-state index in [0.29, 0.717) is 24.5 Å². The van der Waals surface area contributed by atoms with Gasteiger partial charge in [-0.1, -0.05) is 44.2 Å². The molecule has 16 heteroatoms. The molecule has 0 spiro atoms. The van der Waals surface area contributed by atoms with Crippen molar-refractivity contribution in [2.75, 3.05) is 27.3 Å². The average molecular weight is 759 g/mol. The maximum Gasteiger partial charge on any atom is 0.407 e. The number of carbonyl (C=O) groups excluding carboxylic acids is 4. The summed E-state index contributed by atoms with van der Waals surface area (Å²) in [7, 11) is 2.57. The van der Waals surface area contributed by atoms with Crippen molar-refractivity contribution in [3.05, 3.63) is 72.1 Å². The number of ether oxygens (including phenoxy) is 2. The number of aromatic nitrogens is 4. The van der Waals surface area contributed by atoms with E-state index in [4.69, 9.17) is 19.4 Å². The number of nitrogens with one attached hydrogen (secondary N) is 4. The summed E-state index contributed by atoms with van der Waals surface area (Å²) in [6, 6.07) is 11.4. The first-order valence-corrected chi connectivity index (χ1v) is 19.3. The lowest BCUT2D eigenvalue weighted by Gasteiger charge is -2.30. The van der Waals surface area contributed by atoms with E-state index in [-0.39, 0.29) is 29.8 Å². The van der Waals surface area contributed by atoms with Crippen LogP contribution in [-0.2, 0) is 19.1 Å². The summed E-state index contributed by atoms with van der Waals surface area (Å²) in [4.78, 5) is 73.6. The molecule has 7 rings (SSSR count). The molecule has 278 valence electrons. The zero-order valence-corrected chi connectivity index (χ0v) is 31.5. The maximum absolute atomic E-state index is 13.9. The van der Waals surface area contributed by atoms with Gasteiger partial charge >= 0.3 is 12.2 Å². The van der Waals surface area contributed by atoms with Crippen molar-refractivity contribution in [3.8, 4) is 21.1 Å². The second kappa shape index (κ2) is 15.4. The molecule has 4 N–H and O–H groups in total. The van der Waals surface area contributed by atoms with Crippen LogP contribution >= 0.6 is 22.7 Å². The number of nitrogens with zero attached hydrogens (tertiary/aromatic N) is 4. The first-order chi connectivity index (χ1) is 25.6. The first kappa shape index (κ1) is 36.2. The first-order valence-electron chi connectivity index (χ1n) is 17.6. The van der Waals surface area contributed by atoms with Gasteiger partial charge in [0.1, 0.15) is 23.7 Å². The second-order valence-electron chi connectivity index (χ2n) is 13.5. The summed E-state index contributed by atoms with van der Waals surface area (Å²) in [6.45, 7) is 4.94. The zero-order chi connectivity index (χ0) is 37.2. The predicted molar refractivity (Wildman–Crippen MR) is 201 cm³/mol. The van der Waals surface area contributed by atoms with E-state index in [1.54, 1.807) is 27.6 Å². The van der Waals surface area contributed by atoms with Crippen LogP contribution in [0, 0.1) is 5.92 Å². The van der Waals surface area contributed by atoms with E-state index in [1.165, 1.54) is 14.2 Å². The summed E-state index contributed by atoms with van der Waals surface area (Å²) < 4.78 is 11.8. The molecule has 5 aromatic rings. The van der Waals surface area contributed by atoms with E-state index in [9.17, 15) is 19.2 Å². The molecule has 2 aliphatic heterocycles. The van der Waals surface area contributed by atoms with Gasteiger partial charge in [-0.15, -0.1) is 22.7 Å². The lowest BCUT2D eigenvalue weighted by Crippen LogP contribution is -2.51. The normalized spacial score (nSPS) is 18.4. The number of H-pyrrole nitrogens is 2. The molecule has 4 aromatic heterocycles. The van der Waals surface area contributed by atoms with Gasteiger partial charge in [-0.3, -0.25) is 9.59 Å². The minimum Gasteiger partial charge on any atom is -0.453 e. The fraction of sp³-hybridized carbons (Fsp3) is 0.405. The molecule has 0 aliphatic carbocycles. The second-order valence-corrected chi connectivity index (χ2v) is 15.7. The summed E-state index contributed by atoms with van der Waals surface area (Å²) in [5, 5.41) is 5.40. The number of benzene rings is 1. The van der Waals surface area contributed by atoms with E-state index >= 15 is 0 Å². The van der Waals surface area contributed by atoms with Crippen molar-refractivity contribution in [3.63, 3.8) is 0 Å². The van der Waals surface area contributed by atoms with Crippen LogP contribution in [0.1, 0.15) is 74.9 Å². The lowest BCUT2D eigenvalue weighted by atomic mass is 10.0. The number of hydrogen-bond acceptors (Lipinski definition) is 10. The molecule has 0 radical (unpaired) electrons. The number of rotatable bonds is 10. The number of aromatic amines is 2. The molecule has 2 aliphatic rings. The molecule has 6 heterocycles. The monoisotopic (exact) mass is 758 g/mol. The summed E-state index contributed by atoms with van der Waals surface area (Å²) in [6.07, 6.45) is 5.53. The number of carbonyl (C=O) groups is 4. The number of fused-ring (bicyclic) bond motifs is 1. The molecule has 0 bridgehead atoms. The van der Waals surface area contributed by atoms with Crippen molar-refractivity contribution in [1.82, 2.24) is 40.4 Å². The van der Waals surface area contributed by atoms with Crippen LogP contribution in [0.5, 0.6) is 0 Å². The van der Waals surface area contributed by atoms with Crippen molar-refractivity contribution >= 4 is 56.1 Å². The van der Waals surface area contributed by atoms with Crippen LogP contribution in [0.3, 0.4) is 0 Å². The van der Waals surface area contributed by atoms with E-state index in [2.05, 4.69) is 32.7 Å². The Hall–Kier alpha value is -5.22. The van der Waals surface area contributed by atoms with Gasteiger partial charge in [-0.05, 0) is 49.3 Å². The number of likely N-dealkylation sites (tertiary alicyclic amines) is 2. The Morgan fingerprint density at radius 1 is 0.774 bits per heavy atom. The molecule has 53 heavy (non-hydrogen) atoms. The Morgan fingerprint density at radius 3 is 1.79 bits per heavy atom. The van der Waals surface area contributed by atoms with Gasteiger partial charge in [0, 0.05) is 22.5 Å². The quantitative estimate of drug-likeness (QED) is 0.124. The Balaban J connectivity index is 1.05. The van der Waals surface area contributed by atoms with Crippen LogP contribution < -0.4 is 10.6 Å². The largest absolute Gasteiger partial charge is 0.453 e. The molecule has 2 saturated heterocycles. The summed E-state index contributed by atoms with van der Waals surface area (Å²) >= 11 is 3.31. The van der Waals surface area contributed by atoms with Gasteiger partial charge in [-0.2, -0.15) is 0 Å². The van der Waals surface area contributed by atoms with E-state index in [1.807, 2.05) is 61.5 Å². The highest BCUT2D eigenvalue weighted by Crippen LogP contribution is 2.42. The lowest BCUT2D eigenvalue weighted by molar-refractivity contribution is -0.135. The third kappa shape index (κ3) is 7.38. The fourth-order valence-corrected chi connectivity index (χ4v) is 9.47. The highest BCUT2D eigenvalue weighted by atomic mass is 32.1. The molecule has 4 atom stereocenters. The van der Waals surface area contributed by atoms with Crippen LogP contribution in [0.25, 0.3) is 30.5 Å². The molecular weight excluding hydrogens is 717 g/mol.